The van der Waals surface area contributed by atoms with Gasteiger partial charge in [0.2, 0.25) is 5.91 Å². The molecule has 2 fully saturated rings. The van der Waals surface area contributed by atoms with Crippen molar-refractivity contribution in [2.75, 3.05) is 36.8 Å². The van der Waals surface area contributed by atoms with Crippen molar-refractivity contribution in [1.82, 2.24) is 4.90 Å². The summed E-state index contributed by atoms with van der Waals surface area (Å²) in [6.07, 6.45) is 4.54. The van der Waals surface area contributed by atoms with Crippen molar-refractivity contribution < 1.29 is 14.3 Å². The van der Waals surface area contributed by atoms with Crippen LogP contribution in [-0.2, 0) is 14.3 Å². The summed E-state index contributed by atoms with van der Waals surface area (Å²) in [7, 11) is 0. The fraction of sp³-hybridized carbons (Fsp3) is 0.600. The molecule has 7 nitrogen and oxygen atoms in total. The Labute approximate surface area is 184 Å². The van der Waals surface area contributed by atoms with E-state index in [2.05, 4.69) is 15.5 Å². The van der Waals surface area contributed by atoms with Gasteiger partial charge in [-0.05, 0) is 63.4 Å². The molecule has 3 rings (SSSR count). The summed E-state index contributed by atoms with van der Waals surface area (Å²) in [5, 5.41) is 5.86. The summed E-state index contributed by atoms with van der Waals surface area (Å²) in [6, 6.07) is 5.53. The molecule has 2 aliphatic heterocycles. The van der Waals surface area contributed by atoms with Gasteiger partial charge in [-0.15, -0.1) is 24.8 Å². The molecule has 2 amide bonds. The molecule has 2 heterocycles. The standard InChI is InChI=1S/C20H30N4O3.2ClH/c1-14-5-6-15(22-20(26)18-8-7-16(12-21)27-18)11-17(14)23-19(25)13-24-9-3-2-4-10-24;;/h5-6,11,16,18H,2-4,7-10,12-13,21H2,1H3,(H,22,26)(H,23,25);2*1H/t16-,18+;;/m1../s1. The third kappa shape index (κ3) is 7.42. The van der Waals surface area contributed by atoms with Gasteiger partial charge in [0.1, 0.15) is 6.10 Å². The fourth-order valence-corrected chi connectivity index (χ4v) is 3.64. The average molecular weight is 447 g/mol. The van der Waals surface area contributed by atoms with Gasteiger partial charge in [0.25, 0.3) is 5.91 Å². The molecule has 0 bridgehead atoms. The number of likely N-dealkylation sites (tertiary alicyclic amines) is 1. The van der Waals surface area contributed by atoms with E-state index in [0.717, 1.165) is 43.6 Å². The lowest BCUT2D eigenvalue weighted by Crippen LogP contribution is -2.36. The number of hydrogen-bond donors (Lipinski definition) is 3. The number of amides is 2. The maximum absolute atomic E-state index is 12.4. The van der Waals surface area contributed by atoms with E-state index in [1.54, 1.807) is 6.07 Å². The Hall–Kier alpha value is -1.38. The number of rotatable bonds is 6. The minimum Gasteiger partial charge on any atom is -0.364 e. The monoisotopic (exact) mass is 446 g/mol. The highest BCUT2D eigenvalue weighted by molar-refractivity contribution is 5.97. The predicted molar refractivity (Wildman–Crippen MR) is 120 cm³/mol. The van der Waals surface area contributed by atoms with Crippen LogP contribution in [0.4, 0.5) is 11.4 Å². The second kappa shape index (κ2) is 12.3. The fourth-order valence-electron chi connectivity index (χ4n) is 3.64. The summed E-state index contributed by atoms with van der Waals surface area (Å²) in [5.74, 6) is -0.186. The van der Waals surface area contributed by atoms with Gasteiger partial charge in [-0.3, -0.25) is 14.5 Å². The number of carbonyl (C=O) groups is 2. The zero-order chi connectivity index (χ0) is 19.2. The van der Waals surface area contributed by atoms with Gasteiger partial charge >= 0.3 is 0 Å². The number of ether oxygens (including phenoxy) is 1. The van der Waals surface area contributed by atoms with E-state index < -0.39 is 6.10 Å². The van der Waals surface area contributed by atoms with Crippen molar-refractivity contribution in [3.8, 4) is 0 Å². The number of nitrogens with two attached hydrogens (primary N) is 1. The van der Waals surface area contributed by atoms with Crippen LogP contribution >= 0.6 is 24.8 Å². The van der Waals surface area contributed by atoms with Crippen LogP contribution in [-0.4, -0.2) is 55.1 Å². The van der Waals surface area contributed by atoms with Crippen molar-refractivity contribution in [1.29, 1.82) is 0 Å². The number of carbonyl (C=O) groups excluding carboxylic acids is 2. The van der Waals surface area contributed by atoms with Crippen molar-refractivity contribution in [3.05, 3.63) is 23.8 Å². The van der Waals surface area contributed by atoms with Crippen molar-refractivity contribution in [2.24, 2.45) is 5.73 Å². The smallest absolute Gasteiger partial charge is 0.253 e. The van der Waals surface area contributed by atoms with Gasteiger partial charge in [0.15, 0.2) is 0 Å². The van der Waals surface area contributed by atoms with Crippen LogP contribution in [0.25, 0.3) is 0 Å². The highest BCUT2D eigenvalue weighted by Gasteiger charge is 2.29. The number of halogens is 2. The van der Waals surface area contributed by atoms with Gasteiger partial charge in [-0.25, -0.2) is 0 Å². The maximum Gasteiger partial charge on any atom is 0.253 e. The number of nitrogens with zero attached hydrogens (tertiary/aromatic N) is 1. The van der Waals surface area contributed by atoms with E-state index in [-0.39, 0.29) is 42.7 Å². The maximum atomic E-state index is 12.4. The highest BCUT2D eigenvalue weighted by Crippen LogP contribution is 2.23. The topological polar surface area (TPSA) is 96.7 Å². The molecule has 2 saturated heterocycles. The first kappa shape index (κ1) is 25.7. The number of anilines is 2. The summed E-state index contributed by atoms with van der Waals surface area (Å²) < 4.78 is 5.64. The molecule has 4 N–H and O–H groups in total. The van der Waals surface area contributed by atoms with E-state index in [0.29, 0.717) is 25.2 Å². The quantitative estimate of drug-likeness (QED) is 0.623. The van der Waals surface area contributed by atoms with E-state index >= 15 is 0 Å². The van der Waals surface area contributed by atoms with E-state index in [1.165, 1.54) is 6.42 Å². The Morgan fingerprint density at radius 1 is 1.14 bits per heavy atom. The molecule has 0 spiro atoms. The SMILES string of the molecule is Cc1ccc(NC(=O)[C@@H]2CC[C@H](CN)O2)cc1NC(=O)CN1CCCCC1.Cl.Cl. The van der Waals surface area contributed by atoms with Crippen LogP contribution in [0.2, 0.25) is 0 Å². The lowest BCUT2D eigenvalue weighted by atomic mass is 10.1. The number of aryl methyl sites for hydroxylation is 1. The first-order valence-electron chi connectivity index (χ1n) is 9.84. The molecule has 0 radical (unpaired) electrons. The van der Waals surface area contributed by atoms with Crippen LogP contribution in [0.5, 0.6) is 0 Å². The number of benzene rings is 1. The Morgan fingerprint density at radius 2 is 1.86 bits per heavy atom. The van der Waals surface area contributed by atoms with Gasteiger partial charge in [0, 0.05) is 17.9 Å². The van der Waals surface area contributed by atoms with Crippen molar-refractivity contribution >= 4 is 48.0 Å². The van der Waals surface area contributed by atoms with Crippen molar-refractivity contribution in [3.63, 3.8) is 0 Å². The number of nitrogens with one attached hydrogen (secondary N) is 2. The molecule has 164 valence electrons. The first-order valence-corrected chi connectivity index (χ1v) is 9.84. The molecule has 0 aliphatic carbocycles. The van der Waals surface area contributed by atoms with Gasteiger partial charge < -0.3 is 21.1 Å². The second-order valence-corrected chi connectivity index (χ2v) is 7.46. The summed E-state index contributed by atoms with van der Waals surface area (Å²) >= 11 is 0. The molecule has 9 heteroatoms. The van der Waals surface area contributed by atoms with E-state index in [1.807, 2.05) is 19.1 Å². The molecule has 1 aromatic rings. The Kier molecular flexibility index (Phi) is 10.9. The lowest BCUT2D eigenvalue weighted by molar-refractivity contribution is -0.126. The Morgan fingerprint density at radius 3 is 2.52 bits per heavy atom. The lowest BCUT2D eigenvalue weighted by Gasteiger charge is -2.25. The average Bonchev–Trinajstić information content (AvgIpc) is 3.14. The minimum atomic E-state index is -0.461. The van der Waals surface area contributed by atoms with E-state index in [9.17, 15) is 9.59 Å². The molecule has 2 aliphatic rings. The zero-order valence-corrected chi connectivity index (χ0v) is 18.4. The second-order valence-electron chi connectivity index (χ2n) is 7.46. The molecule has 0 unspecified atom stereocenters. The normalized spacial score (nSPS) is 21.6. The molecular weight excluding hydrogens is 415 g/mol. The summed E-state index contributed by atoms with van der Waals surface area (Å²) in [4.78, 5) is 26.9. The summed E-state index contributed by atoms with van der Waals surface area (Å²) in [5.41, 5.74) is 7.93. The number of hydrogen-bond acceptors (Lipinski definition) is 5. The van der Waals surface area contributed by atoms with Crippen LogP contribution in [0, 0.1) is 6.92 Å². The minimum absolute atomic E-state index is 0. The van der Waals surface area contributed by atoms with Gasteiger partial charge in [0.05, 0.1) is 12.6 Å². The molecule has 1 aromatic carbocycles. The van der Waals surface area contributed by atoms with Gasteiger partial charge in [-0.2, -0.15) is 0 Å². The third-order valence-electron chi connectivity index (χ3n) is 5.26. The zero-order valence-electron chi connectivity index (χ0n) is 16.8. The van der Waals surface area contributed by atoms with Crippen LogP contribution in [0.1, 0.15) is 37.7 Å². The van der Waals surface area contributed by atoms with Crippen LogP contribution < -0.4 is 16.4 Å². The molecule has 29 heavy (non-hydrogen) atoms. The first-order chi connectivity index (χ1) is 13.0. The highest BCUT2D eigenvalue weighted by atomic mass is 35.5. The molecule has 0 saturated carbocycles. The Balaban J connectivity index is 0.00000210. The van der Waals surface area contributed by atoms with Crippen molar-refractivity contribution in [2.45, 2.75) is 51.2 Å². The third-order valence-corrected chi connectivity index (χ3v) is 5.26. The molecular formula is C20H32Cl2N4O3. The summed E-state index contributed by atoms with van der Waals surface area (Å²) in [6.45, 7) is 4.74. The largest absolute Gasteiger partial charge is 0.364 e. The molecule has 0 aromatic heterocycles. The predicted octanol–water partition coefficient (Wildman–Crippen LogP) is 2.71. The van der Waals surface area contributed by atoms with Crippen LogP contribution in [0.15, 0.2) is 18.2 Å². The number of piperidine rings is 1. The molecule has 2 atom stereocenters. The van der Waals surface area contributed by atoms with E-state index in [4.69, 9.17) is 10.5 Å². The Bertz CT molecular complexity index is 684. The van der Waals surface area contributed by atoms with Crippen LogP contribution in [0.3, 0.4) is 0 Å². The van der Waals surface area contributed by atoms with Gasteiger partial charge in [-0.1, -0.05) is 12.5 Å².